The van der Waals surface area contributed by atoms with E-state index in [9.17, 15) is 91.1 Å². The summed E-state index contributed by atoms with van der Waals surface area (Å²) >= 11 is 8.22. The van der Waals surface area contributed by atoms with Crippen molar-refractivity contribution < 1.29 is 111 Å². The standard InChI is InChI=1S/C48H75N9O11S2.C22H29ClO6.C2HF3O2.C2H5NO/c1-46-17-15-28(58)21-27(46)13-14-29-30-16-18-48(67,47(30,2)22-34(59)40(29)46)36(60)23-68-39(63)26-69-24-33(42(49)64)55-43(65)31(9-8-20-53-44(50)51)54-38(62)12-4-3-7-19-52-37(61)11-6-5-10-35-41-32(25-70-35)56-45(66)57-41;1-21-9-17(25)20-14-5-3-13(24)8-12(14)2-4-15(20)16(21)6-7-22(21,28)18(26)11-29-19(27)10-23;3-2(4,5)1(6)7;1-2(3)4/h21,29-35,40-41,59,67H,3-20,22-26H2,1-2H3,(H2,49,64)(H,52,61)(H,54,62)(H,55,65)(H4,50,51,53)(H2,56,57,66);8,14-17,20,25,28H,2-7,9-11H2,1H3;(H,6,7);1H3,(H2,3,4)/t29-,30-,31+,32-,33-,34-,35-,40+,41-,46-,47-,48-;14?,15-,16-,17-,20+,21-,22-;;/m00../s1. The number of unbranched alkanes of at least 4 members (excludes halogenated alkanes) is 3. The third-order valence-electron chi connectivity index (χ3n) is 24.7. The van der Waals surface area contributed by atoms with Gasteiger partial charge < -0.3 is 84.5 Å². The second-order valence-corrected chi connectivity index (χ2v) is 34.1. The van der Waals surface area contributed by atoms with Crippen molar-refractivity contribution in [2.45, 2.75) is 241 Å². The van der Waals surface area contributed by atoms with Gasteiger partial charge in [-0.3, -0.25) is 57.7 Å². The minimum absolute atomic E-state index is 0.0291. The number of allylic oxidation sites excluding steroid dienone is 2. The number of aliphatic imine (C=N–C) groups is 1. The Hall–Kier alpha value is -6.92. The van der Waals surface area contributed by atoms with E-state index in [1.807, 2.05) is 25.6 Å². The van der Waals surface area contributed by atoms with Crippen LogP contribution in [0.1, 0.15) is 182 Å². The fraction of sp³-hybridized carbons (Fsp3) is 0.757. The van der Waals surface area contributed by atoms with Gasteiger partial charge in [0.05, 0.1) is 30.0 Å². The highest BCUT2D eigenvalue weighted by Crippen LogP contribution is 2.68. The summed E-state index contributed by atoms with van der Waals surface area (Å²) in [5.74, 6) is -6.79. The van der Waals surface area contributed by atoms with Gasteiger partial charge in [-0.15, -0.1) is 23.4 Å². The number of primary amides is 2. The molecule has 7 amide bonds. The number of urea groups is 1. The second kappa shape index (κ2) is 39.2. The molecule has 6 saturated carbocycles. The fourth-order valence-electron chi connectivity index (χ4n) is 19.4. The maximum absolute atomic E-state index is 13.8. The van der Waals surface area contributed by atoms with Crippen molar-refractivity contribution >= 4 is 118 Å². The Bertz CT molecular complexity index is 3510. The normalized spacial score (nSPS) is 32.5. The van der Waals surface area contributed by atoms with Crippen LogP contribution in [0.5, 0.6) is 0 Å². The van der Waals surface area contributed by atoms with Gasteiger partial charge in [0.2, 0.25) is 41.1 Å². The number of nitrogens with one attached hydrogen (secondary N) is 5. The molecule has 2 heterocycles. The Morgan fingerprint density at radius 3 is 1.94 bits per heavy atom. The molecule has 18 N–H and O–H groups in total. The van der Waals surface area contributed by atoms with Crippen LogP contribution in [-0.4, -0.2) is 217 Å². The number of hydrogen-bond donors (Lipinski definition) is 14. The first-order valence-corrected chi connectivity index (χ1v) is 40.6. The molecule has 110 heavy (non-hydrogen) atoms. The van der Waals surface area contributed by atoms with Crippen molar-refractivity contribution in [2.24, 2.45) is 85.6 Å². The van der Waals surface area contributed by atoms with Crippen molar-refractivity contribution in [1.29, 1.82) is 0 Å². The number of fused-ring (bicyclic) bond motifs is 11. The molecule has 19 atom stereocenters. The van der Waals surface area contributed by atoms with Crippen molar-refractivity contribution in [1.82, 2.24) is 26.6 Å². The van der Waals surface area contributed by atoms with Crippen LogP contribution >= 0.6 is 35.1 Å². The Morgan fingerprint density at radius 2 is 1.32 bits per heavy atom. The lowest BCUT2D eigenvalue weighted by Gasteiger charge is -2.60. The van der Waals surface area contributed by atoms with Crippen molar-refractivity contribution in [3.05, 3.63) is 23.3 Å². The van der Waals surface area contributed by atoms with Crippen LogP contribution < -0.4 is 49.5 Å². The van der Waals surface area contributed by atoms with E-state index in [0.29, 0.717) is 88.8 Å². The summed E-state index contributed by atoms with van der Waals surface area (Å²) in [6.45, 7) is 6.69. The van der Waals surface area contributed by atoms with Crippen molar-refractivity contribution in [2.75, 3.05) is 49.4 Å². The van der Waals surface area contributed by atoms with Crippen molar-refractivity contribution in [3.63, 3.8) is 0 Å². The summed E-state index contributed by atoms with van der Waals surface area (Å²) in [7, 11) is 0. The van der Waals surface area contributed by atoms with Gasteiger partial charge in [-0.1, -0.05) is 44.8 Å². The first kappa shape index (κ1) is 90.3. The zero-order valence-electron chi connectivity index (χ0n) is 62.8. The summed E-state index contributed by atoms with van der Waals surface area (Å²) < 4.78 is 42.0. The number of nitrogens with zero attached hydrogens (tertiary/aromatic N) is 1. The van der Waals surface area contributed by atoms with E-state index in [2.05, 4.69) is 44.2 Å². The highest BCUT2D eigenvalue weighted by atomic mass is 35.5. The first-order chi connectivity index (χ1) is 51.6. The quantitative estimate of drug-likeness (QED) is 0.0122. The van der Waals surface area contributed by atoms with Gasteiger partial charge in [0.25, 0.3) is 0 Å². The number of aliphatic carboxylic acids is 1. The van der Waals surface area contributed by atoms with Crippen molar-refractivity contribution in [3.8, 4) is 0 Å². The third-order valence-corrected chi connectivity index (χ3v) is 27.5. The lowest BCUT2D eigenvalue weighted by molar-refractivity contribution is -0.192. The van der Waals surface area contributed by atoms with Crippen LogP contribution in [0.4, 0.5) is 18.0 Å². The lowest BCUT2D eigenvalue weighted by atomic mass is 9.45. The molecule has 0 spiro atoms. The third kappa shape index (κ3) is 22.1. The van der Waals surface area contributed by atoms with E-state index in [1.165, 1.54) is 12.5 Å². The number of nitrogens with two attached hydrogens (primary N) is 4. The maximum atomic E-state index is 13.8. The molecular weight excluding hydrogens is 1510 g/mol. The second-order valence-electron chi connectivity index (χ2n) is 31.6. The number of ketones is 4. The predicted molar refractivity (Wildman–Crippen MR) is 398 cm³/mol. The fourth-order valence-corrected chi connectivity index (χ4v) is 21.9. The average molecular weight is 1620 g/mol. The van der Waals surface area contributed by atoms with Crippen LogP contribution in [0.3, 0.4) is 0 Å². The molecule has 1 unspecified atom stereocenters. The van der Waals surface area contributed by atoms with Gasteiger partial charge in [0, 0.05) is 73.3 Å². The molecule has 36 heteroatoms. The Labute approximate surface area is 650 Å². The van der Waals surface area contributed by atoms with Crippen LogP contribution in [0.15, 0.2) is 28.3 Å². The topological polar surface area (TPSA) is 518 Å². The molecule has 2 aliphatic heterocycles. The number of rotatable bonds is 30. The van der Waals surface area contributed by atoms with Gasteiger partial charge in [-0.2, -0.15) is 24.9 Å². The van der Waals surface area contributed by atoms with Gasteiger partial charge in [0.1, 0.15) is 29.2 Å². The van der Waals surface area contributed by atoms with E-state index >= 15 is 0 Å². The molecule has 0 bridgehead atoms. The number of carbonyl (C=O) groups is 13. The zero-order valence-corrected chi connectivity index (χ0v) is 65.2. The summed E-state index contributed by atoms with van der Waals surface area (Å²) in [4.78, 5) is 160. The number of Topliss-reactive ketones (excluding diaryl/α,β-unsaturated/α-hetero) is 2. The van der Waals surface area contributed by atoms with Crippen LogP contribution in [0, 0.1) is 57.7 Å². The number of alkyl halides is 4. The van der Waals surface area contributed by atoms with E-state index in [1.54, 1.807) is 12.2 Å². The molecule has 8 fully saturated rings. The SMILES string of the molecule is CC(N)=O.C[C@]12CCC(=O)C=C1CC[C@@H]1[C@@H]2[C@@H](O)C[C@@]2(C)[C@H]1CC[C@]2(O)C(=O)COC(=O)CSC[C@H](NC(=O)[C@@H](CCCN=C(N)N)NC(=O)CCCCCNC(=O)CCCC[C@@H]1SC[C@@H]2NC(=O)N[C@@H]21)C(N)=O.C[C@]12C[C@H](O)[C@@H]3C4CCC(=O)C=C4CC[C@H]3[C@@H]1CC[C@]2(O)C(=O)COC(=O)CCl.O=C(O)C(F)(F)F. The van der Waals surface area contributed by atoms with E-state index in [-0.39, 0.29) is 150 Å². The molecule has 616 valence electrons. The Kier molecular flexibility index (Phi) is 32.2. The van der Waals surface area contributed by atoms with E-state index in [4.69, 9.17) is 48.2 Å². The largest absolute Gasteiger partial charge is 0.490 e. The molecule has 0 aromatic rings. The van der Waals surface area contributed by atoms with Gasteiger partial charge >= 0.3 is 30.1 Å². The number of amides is 7. The van der Waals surface area contributed by atoms with Gasteiger partial charge in [0.15, 0.2) is 30.7 Å². The summed E-state index contributed by atoms with van der Waals surface area (Å²) in [6.07, 6.45) is 10.4. The number of aliphatic hydroxyl groups is 4. The average Bonchev–Trinajstić information content (AvgIpc) is 1.65. The number of carboxylic acid groups (broad SMARTS) is 1. The zero-order chi connectivity index (χ0) is 81.4. The lowest BCUT2D eigenvalue weighted by Crippen LogP contribution is -2.62. The number of halogens is 4. The van der Waals surface area contributed by atoms with E-state index < -0.39 is 107 Å². The Balaban J connectivity index is 0.000000342. The number of guanidine groups is 1. The smallest absolute Gasteiger partial charge is 0.475 e. The number of esters is 2. The van der Waals surface area contributed by atoms with Crippen LogP contribution in [0.2, 0.25) is 0 Å². The monoisotopic (exact) mass is 1610 g/mol. The molecule has 10 rings (SSSR count). The molecule has 2 saturated heterocycles. The number of aliphatic hydroxyl groups excluding tert-OH is 2. The molecule has 8 aliphatic carbocycles. The Morgan fingerprint density at radius 1 is 0.727 bits per heavy atom. The molecule has 10 aliphatic rings. The minimum Gasteiger partial charge on any atom is -0.475 e. The molecule has 30 nitrogen and oxygen atoms in total. The number of hydrogen-bond acceptors (Lipinski definition) is 22. The molecule has 0 radical (unpaired) electrons. The van der Waals surface area contributed by atoms with Gasteiger partial charge in [-0.25, -0.2) is 9.59 Å². The van der Waals surface area contributed by atoms with Gasteiger partial charge in [-0.05, 0) is 175 Å². The number of ether oxygens (including phenoxy) is 2. The van der Waals surface area contributed by atoms with E-state index in [0.717, 1.165) is 74.5 Å². The highest BCUT2D eigenvalue weighted by Gasteiger charge is 2.70. The molecule has 0 aromatic heterocycles. The number of carboxylic acids is 1. The summed E-state index contributed by atoms with van der Waals surface area (Å²) in [5.41, 5.74) is 17.8. The highest BCUT2D eigenvalue weighted by molar-refractivity contribution is 8.00. The summed E-state index contributed by atoms with van der Waals surface area (Å²) in [5, 5.41) is 68.0. The molecular formula is C74H110ClF3N10O20S2. The first-order valence-electron chi connectivity index (χ1n) is 37.9. The van der Waals surface area contributed by atoms with Crippen LogP contribution in [-0.2, 0) is 67.0 Å². The minimum atomic E-state index is -5.08. The maximum Gasteiger partial charge on any atom is 0.490 e. The predicted octanol–water partition coefficient (Wildman–Crippen LogP) is 3.28. The number of carbonyl (C=O) groups excluding carboxylic acids is 12. The molecule has 0 aromatic carbocycles. The number of thioether (sulfide) groups is 2. The van der Waals surface area contributed by atoms with Crippen LogP contribution in [0.25, 0.3) is 0 Å². The summed E-state index contributed by atoms with van der Waals surface area (Å²) in [6, 6.07) is -2.06.